The van der Waals surface area contributed by atoms with E-state index in [-0.39, 0.29) is 5.97 Å². The van der Waals surface area contributed by atoms with Crippen molar-refractivity contribution in [2.45, 2.75) is 66.9 Å². The number of rotatable bonds is 6. The SMILES string of the molecule is CC.CCOC(=O)c1cnc(C(C)C)s1.COCc1cnc(C(C)C)s1. The molecule has 2 aromatic heterocycles. The molecule has 0 bridgehead atoms. The molecule has 26 heavy (non-hydrogen) atoms. The Morgan fingerprint density at radius 1 is 1.04 bits per heavy atom. The van der Waals surface area contributed by atoms with E-state index in [9.17, 15) is 4.79 Å². The molecule has 0 aliphatic rings. The van der Waals surface area contributed by atoms with Crippen molar-refractivity contribution >= 4 is 28.6 Å². The molecule has 0 aliphatic carbocycles. The van der Waals surface area contributed by atoms with Crippen LogP contribution in [0.15, 0.2) is 12.4 Å². The number of ether oxygens (including phenoxy) is 2. The van der Waals surface area contributed by atoms with Crippen LogP contribution in [0.2, 0.25) is 0 Å². The van der Waals surface area contributed by atoms with E-state index < -0.39 is 0 Å². The molecule has 0 saturated heterocycles. The van der Waals surface area contributed by atoms with Gasteiger partial charge in [0.2, 0.25) is 0 Å². The van der Waals surface area contributed by atoms with E-state index >= 15 is 0 Å². The minimum atomic E-state index is -0.271. The van der Waals surface area contributed by atoms with Gasteiger partial charge in [-0.1, -0.05) is 41.5 Å². The monoisotopic (exact) mass is 400 g/mol. The molecule has 2 rings (SSSR count). The molecule has 7 heteroatoms. The van der Waals surface area contributed by atoms with Crippen molar-refractivity contribution in [2.75, 3.05) is 13.7 Å². The number of aromatic nitrogens is 2. The lowest BCUT2D eigenvalue weighted by Gasteiger charge is -1.97. The number of nitrogens with zero attached hydrogens (tertiary/aromatic N) is 2. The highest BCUT2D eigenvalue weighted by Crippen LogP contribution is 2.22. The minimum absolute atomic E-state index is 0.271. The summed E-state index contributed by atoms with van der Waals surface area (Å²) in [6, 6.07) is 0. The molecule has 148 valence electrons. The third-order valence-corrected chi connectivity index (χ3v) is 5.40. The fraction of sp³-hybridized carbons (Fsp3) is 0.632. The molecule has 0 saturated carbocycles. The molecule has 2 heterocycles. The number of thiazole rings is 2. The number of hydrogen-bond donors (Lipinski definition) is 0. The van der Waals surface area contributed by atoms with Crippen LogP contribution in [0, 0.1) is 0 Å². The predicted octanol–water partition coefficient (Wildman–Crippen LogP) is 5.88. The topological polar surface area (TPSA) is 61.3 Å². The summed E-state index contributed by atoms with van der Waals surface area (Å²) in [5.41, 5.74) is 0. The van der Waals surface area contributed by atoms with Crippen LogP contribution in [0.1, 0.15) is 84.9 Å². The van der Waals surface area contributed by atoms with Crippen LogP contribution < -0.4 is 0 Å². The Morgan fingerprint density at radius 2 is 1.58 bits per heavy atom. The molecule has 2 aromatic rings. The van der Waals surface area contributed by atoms with Crippen molar-refractivity contribution in [1.82, 2.24) is 9.97 Å². The van der Waals surface area contributed by atoms with Crippen molar-refractivity contribution < 1.29 is 14.3 Å². The van der Waals surface area contributed by atoms with Gasteiger partial charge in [0, 0.05) is 25.1 Å². The van der Waals surface area contributed by atoms with E-state index in [0.717, 1.165) is 5.01 Å². The highest BCUT2D eigenvalue weighted by atomic mass is 32.1. The van der Waals surface area contributed by atoms with Gasteiger partial charge in [0.1, 0.15) is 4.88 Å². The van der Waals surface area contributed by atoms with Gasteiger partial charge in [-0.3, -0.25) is 0 Å². The van der Waals surface area contributed by atoms with Crippen LogP contribution in [-0.4, -0.2) is 29.7 Å². The molecule has 0 aliphatic heterocycles. The Bertz CT molecular complexity index is 622. The van der Waals surface area contributed by atoms with Gasteiger partial charge in [-0.2, -0.15) is 0 Å². The zero-order valence-corrected chi connectivity index (χ0v) is 18.8. The van der Waals surface area contributed by atoms with Gasteiger partial charge in [0.15, 0.2) is 0 Å². The summed E-state index contributed by atoms with van der Waals surface area (Å²) in [6.07, 6.45) is 3.47. The standard InChI is InChI=1S/C9H13NO2S.C8H13NOS.C2H6/c1-4-12-9(11)7-5-10-8(13-7)6(2)3;1-6(2)8-9-4-7(11-8)5-10-3;1-2/h5-6H,4H2,1-3H3;4,6H,5H2,1-3H3;1-2H3. The quantitative estimate of drug-likeness (QED) is 0.566. The third kappa shape index (κ3) is 8.87. The fourth-order valence-corrected chi connectivity index (χ4v) is 3.36. The van der Waals surface area contributed by atoms with Crippen LogP contribution in [0.5, 0.6) is 0 Å². The van der Waals surface area contributed by atoms with Gasteiger partial charge in [-0.25, -0.2) is 14.8 Å². The van der Waals surface area contributed by atoms with Gasteiger partial charge < -0.3 is 9.47 Å². The van der Waals surface area contributed by atoms with E-state index in [2.05, 4.69) is 23.8 Å². The van der Waals surface area contributed by atoms with Crippen molar-refractivity contribution in [2.24, 2.45) is 0 Å². The molecule has 0 amide bonds. The first-order valence-corrected chi connectivity index (χ1v) is 10.6. The second-order valence-corrected chi connectivity index (χ2v) is 7.90. The fourth-order valence-electron chi connectivity index (χ4n) is 1.65. The molecular weight excluding hydrogens is 368 g/mol. The van der Waals surface area contributed by atoms with E-state index in [1.54, 1.807) is 31.6 Å². The van der Waals surface area contributed by atoms with Gasteiger partial charge in [-0.15, -0.1) is 22.7 Å². The van der Waals surface area contributed by atoms with Crippen molar-refractivity contribution in [1.29, 1.82) is 0 Å². The number of carbonyl (C=O) groups excluding carboxylic acids is 1. The van der Waals surface area contributed by atoms with Crippen LogP contribution in [-0.2, 0) is 16.1 Å². The number of esters is 1. The summed E-state index contributed by atoms with van der Waals surface area (Å²) >= 11 is 3.13. The maximum absolute atomic E-state index is 11.2. The average Bonchev–Trinajstić information content (AvgIpc) is 3.27. The Kier molecular flexibility index (Phi) is 13.1. The summed E-state index contributed by atoms with van der Waals surface area (Å²) in [5.74, 6) is 0.630. The maximum atomic E-state index is 11.2. The molecule has 5 nitrogen and oxygen atoms in total. The van der Waals surface area contributed by atoms with E-state index in [1.165, 1.54) is 21.2 Å². The van der Waals surface area contributed by atoms with E-state index in [0.29, 0.717) is 29.9 Å². The van der Waals surface area contributed by atoms with Crippen molar-refractivity contribution in [3.63, 3.8) is 0 Å². The largest absolute Gasteiger partial charge is 0.462 e. The first-order valence-electron chi connectivity index (χ1n) is 8.95. The molecule has 0 spiro atoms. The van der Waals surface area contributed by atoms with Gasteiger partial charge >= 0.3 is 5.97 Å². The van der Waals surface area contributed by atoms with Gasteiger partial charge in [0.25, 0.3) is 0 Å². The number of hydrogen-bond acceptors (Lipinski definition) is 7. The summed E-state index contributed by atoms with van der Waals surface area (Å²) < 4.78 is 9.84. The second-order valence-electron chi connectivity index (χ2n) is 5.69. The van der Waals surface area contributed by atoms with Gasteiger partial charge in [-0.05, 0) is 6.92 Å². The van der Waals surface area contributed by atoms with Crippen LogP contribution in [0.4, 0.5) is 0 Å². The Hall–Kier alpha value is -1.31. The predicted molar refractivity (Wildman–Crippen MR) is 110 cm³/mol. The molecule has 0 aromatic carbocycles. The number of carbonyl (C=O) groups is 1. The Labute approximate surface area is 165 Å². The molecule has 0 N–H and O–H groups in total. The van der Waals surface area contributed by atoms with Crippen molar-refractivity contribution in [3.05, 3.63) is 32.2 Å². The normalized spacial score (nSPS) is 10.1. The zero-order chi connectivity index (χ0) is 20.1. The minimum Gasteiger partial charge on any atom is -0.462 e. The smallest absolute Gasteiger partial charge is 0.349 e. The summed E-state index contributed by atoms with van der Waals surface area (Å²) in [5, 5.41) is 2.17. The van der Waals surface area contributed by atoms with E-state index in [1.807, 2.05) is 33.9 Å². The van der Waals surface area contributed by atoms with Gasteiger partial charge in [0.05, 0.1) is 34.3 Å². The summed E-state index contributed by atoms with van der Waals surface area (Å²) in [7, 11) is 1.70. The summed E-state index contributed by atoms with van der Waals surface area (Å²) in [6.45, 7) is 15.3. The highest BCUT2D eigenvalue weighted by Gasteiger charge is 2.12. The third-order valence-electron chi connectivity index (χ3n) is 2.85. The van der Waals surface area contributed by atoms with E-state index in [4.69, 9.17) is 9.47 Å². The highest BCUT2D eigenvalue weighted by molar-refractivity contribution is 7.13. The van der Waals surface area contributed by atoms with Crippen LogP contribution in [0.25, 0.3) is 0 Å². The second kappa shape index (κ2) is 13.8. The molecule has 0 fully saturated rings. The average molecular weight is 401 g/mol. The summed E-state index contributed by atoms with van der Waals surface area (Å²) in [4.78, 5) is 21.4. The molecule has 0 radical (unpaired) electrons. The lowest BCUT2D eigenvalue weighted by Crippen LogP contribution is -2.01. The molecule has 0 unspecified atom stereocenters. The lowest BCUT2D eigenvalue weighted by molar-refractivity contribution is 0.0532. The maximum Gasteiger partial charge on any atom is 0.349 e. The first kappa shape index (κ1) is 24.7. The Morgan fingerprint density at radius 3 is 2.00 bits per heavy atom. The number of methoxy groups -OCH3 is 1. The molecule has 0 atom stereocenters. The molecular formula is C19H32N2O3S2. The Balaban J connectivity index is 0.000000444. The van der Waals surface area contributed by atoms with Crippen LogP contribution >= 0.6 is 22.7 Å². The van der Waals surface area contributed by atoms with Crippen molar-refractivity contribution in [3.8, 4) is 0 Å². The first-order chi connectivity index (χ1) is 12.4. The lowest BCUT2D eigenvalue weighted by atomic mass is 10.2. The zero-order valence-electron chi connectivity index (χ0n) is 17.2. The van der Waals surface area contributed by atoms with Crippen LogP contribution in [0.3, 0.4) is 0 Å².